The number of hydrogen-bond donors (Lipinski definition) is 5. The van der Waals surface area contributed by atoms with E-state index in [0.29, 0.717) is 6.07 Å². The molecule has 0 saturated heterocycles. The zero-order valence-electron chi connectivity index (χ0n) is 7.76. The molecule has 17 heavy (non-hydrogen) atoms. The van der Waals surface area contributed by atoms with Gasteiger partial charge in [0.1, 0.15) is 9.79 Å². The summed E-state index contributed by atoms with van der Waals surface area (Å²) >= 11 is -8.36. The molecule has 1 aromatic rings. The van der Waals surface area contributed by atoms with Crippen LogP contribution < -0.4 is 0 Å². The lowest BCUT2D eigenvalue weighted by Gasteiger charge is -2.09. The minimum absolute atomic E-state index is 0.588. The van der Waals surface area contributed by atoms with E-state index in [2.05, 4.69) is 0 Å². The molecule has 0 saturated carbocycles. The zero-order chi connectivity index (χ0) is 13.3. The van der Waals surface area contributed by atoms with Gasteiger partial charge in [0.05, 0.1) is 4.90 Å². The Labute approximate surface area is 102 Å². The number of rotatable bonds is 3. The highest BCUT2D eigenvalue weighted by atomic mass is 32.2. The smallest absolute Gasteiger partial charge is 0.191 e. The van der Waals surface area contributed by atoms with Gasteiger partial charge in [-0.1, -0.05) is 0 Å². The Balaban J connectivity index is 3.75. The van der Waals surface area contributed by atoms with Gasteiger partial charge in [-0.05, 0) is 6.07 Å². The van der Waals surface area contributed by atoms with Crippen LogP contribution >= 0.6 is 0 Å². The van der Waals surface area contributed by atoms with Crippen LogP contribution in [0.1, 0.15) is 0 Å². The maximum absolute atomic E-state index is 10.9. The van der Waals surface area contributed by atoms with Crippen molar-refractivity contribution < 1.29 is 36.5 Å². The number of aromatic hydroxyl groups is 2. The van der Waals surface area contributed by atoms with Gasteiger partial charge in [0.15, 0.2) is 44.7 Å². The van der Waals surface area contributed by atoms with Crippen LogP contribution in [0.5, 0.6) is 11.5 Å². The van der Waals surface area contributed by atoms with Crippen LogP contribution in [-0.4, -0.2) is 36.5 Å². The van der Waals surface area contributed by atoms with Gasteiger partial charge in [-0.3, -0.25) is 0 Å². The van der Waals surface area contributed by atoms with E-state index < -0.39 is 59.4 Å². The fraction of sp³-hybridized carbons (Fsp3) is 0. The summed E-state index contributed by atoms with van der Waals surface area (Å²) in [5, 5.41) is 18.6. The molecule has 1 aromatic carbocycles. The maximum Gasteiger partial charge on any atom is 0.191 e. The van der Waals surface area contributed by atoms with Gasteiger partial charge in [-0.2, -0.15) is 0 Å². The van der Waals surface area contributed by atoms with E-state index in [1.807, 2.05) is 0 Å². The van der Waals surface area contributed by atoms with Gasteiger partial charge >= 0.3 is 0 Å². The Morgan fingerprint density at radius 3 is 1.59 bits per heavy atom. The molecule has 3 unspecified atom stereocenters. The Hall–Kier alpha value is -0.850. The van der Waals surface area contributed by atoms with Crippen LogP contribution in [0.2, 0.25) is 0 Å². The minimum atomic E-state index is -2.85. The van der Waals surface area contributed by atoms with E-state index in [-0.39, 0.29) is 0 Å². The molecular weight excluding hydrogens is 296 g/mol. The summed E-state index contributed by atoms with van der Waals surface area (Å²) in [5.41, 5.74) is 0. The van der Waals surface area contributed by atoms with Crippen molar-refractivity contribution in [1.82, 2.24) is 0 Å². The molecule has 0 fully saturated rings. The summed E-state index contributed by atoms with van der Waals surface area (Å²) in [6, 6.07) is 0.588. The molecule has 0 aliphatic heterocycles. The van der Waals surface area contributed by atoms with Gasteiger partial charge in [0.25, 0.3) is 0 Å². The minimum Gasteiger partial charge on any atom is -0.503 e. The van der Waals surface area contributed by atoms with Crippen molar-refractivity contribution in [2.24, 2.45) is 0 Å². The van der Waals surface area contributed by atoms with Crippen molar-refractivity contribution in [2.45, 2.75) is 14.7 Å². The Morgan fingerprint density at radius 1 is 0.765 bits per heavy atom. The molecule has 5 N–H and O–H groups in total. The SMILES string of the molecule is O=S(O)c1cc(S(=O)O)c(S(=O)O)c(O)c1O. The molecule has 96 valence electrons. The molecule has 1 rings (SSSR count). The molecule has 11 heteroatoms. The van der Waals surface area contributed by atoms with Gasteiger partial charge < -0.3 is 23.9 Å². The van der Waals surface area contributed by atoms with Crippen LogP contribution in [0, 0.1) is 0 Å². The standard InChI is InChI=1S/C6H6O8S3/c7-4-2(15(9)10)1-3(16(11)12)6(5(4)8)17(13)14/h1,7-8H,(H,9,10)(H,11,12)(H,13,14). The van der Waals surface area contributed by atoms with Gasteiger partial charge in [0.2, 0.25) is 0 Å². The summed E-state index contributed by atoms with van der Waals surface area (Å²) in [4.78, 5) is -2.37. The second-order valence-corrected chi connectivity index (χ2v) is 5.43. The Kier molecular flexibility index (Phi) is 4.35. The first-order valence-electron chi connectivity index (χ1n) is 3.68. The van der Waals surface area contributed by atoms with E-state index in [4.69, 9.17) is 13.7 Å². The highest BCUT2D eigenvalue weighted by molar-refractivity contribution is 7.82. The first-order chi connectivity index (χ1) is 7.77. The molecule has 0 aliphatic carbocycles. The second kappa shape index (κ2) is 5.20. The molecule has 0 aliphatic rings. The second-order valence-electron chi connectivity index (χ2n) is 2.65. The first kappa shape index (κ1) is 14.2. The van der Waals surface area contributed by atoms with Gasteiger partial charge in [-0.25, -0.2) is 12.6 Å². The third kappa shape index (κ3) is 2.70. The third-order valence-electron chi connectivity index (χ3n) is 1.71. The summed E-state index contributed by atoms with van der Waals surface area (Å²) < 4.78 is 58.8. The zero-order valence-corrected chi connectivity index (χ0v) is 10.2. The summed E-state index contributed by atoms with van der Waals surface area (Å²) in [6.45, 7) is 0. The molecule has 0 spiro atoms. The van der Waals surface area contributed by atoms with Crippen LogP contribution in [0.25, 0.3) is 0 Å². The quantitative estimate of drug-likeness (QED) is 0.381. The summed E-state index contributed by atoms with van der Waals surface area (Å²) in [5.74, 6) is -2.29. The third-order valence-corrected chi connectivity index (χ3v) is 3.99. The molecule has 0 bridgehead atoms. The van der Waals surface area contributed by atoms with Crippen molar-refractivity contribution in [1.29, 1.82) is 0 Å². The average Bonchev–Trinajstić information content (AvgIpc) is 2.19. The predicted octanol–water partition coefficient (Wildman–Crippen LogP) is -0.160. The molecule has 0 heterocycles. The highest BCUT2D eigenvalue weighted by Gasteiger charge is 2.25. The van der Waals surface area contributed by atoms with E-state index in [1.54, 1.807) is 0 Å². The van der Waals surface area contributed by atoms with Gasteiger partial charge in [-0.15, -0.1) is 0 Å². The molecular formula is C6H6O8S3. The monoisotopic (exact) mass is 302 g/mol. The summed E-state index contributed by atoms with van der Waals surface area (Å²) in [6.07, 6.45) is 0. The first-order valence-corrected chi connectivity index (χ1v) is 7.00. The Morgan fingerprint density at radius 2 is 1.24 bits per heavy atom. The number of hydrogen-bond acceptors (Lipinski definition) is 5. The maximum atomic E-state index is 10.9. The average molecular weight is 302 g/mol. The van der Waals surface area contributed by atoms with E-state index in [9.17, 15) is 22.8 Å². The molecule has 0 aromatic heterocycles. The number of benzene rings is 1. The van der Waals surface area contributed by atoms with Gasteiger partial charge in [0, 0.05) is 0 Å². The molecule has 3 atom stereocenters. The molecule has 0 radical (unpaired) electrons. The van der Waals surface area contributed by atoms with E-state index >= 15 is 0 Å². The van der Waals surface area contributed by atoms with Crippen molar-refractivity contribution in [3.8, 4) is 11.5 Å². The van der Waals surface area contributed by atoms with Crippen molar-refractivity contribution in [3.63, 3.8) is 0 Å². The van der Waals surface area contributed by atoms with Crippen LogP contribution in [0.15, 0.2) is 20.8 Å². The number of phenols is 2. The molecule has 0 amide bonds. The normalized spacial score (nSPS) is 16.4. The number of phenolic OH excluding ortho intramolecular Hbond substituents is 2. The highest BCUT2D eigenvalue weighted by Crippen LogP contribution is 2.39. The van der Waals surface area contributed by atoms with Crippen LogP contribution in [0.4, 0.5) is 0 Å². The van der Waals surface area contributed by atoms with Crippen molar-refractivity contribution in [2.75, 3.05) is 0 Å². The summed E-state index contributed by atoms with van der Waals surface area (Å²) in [7, 11) is 0. The van der Waals surface area contributed by atoms with E-state index in [1.165, 1.54) is 0 Å². The largest absolute Gasteiger partial charge is 0.503 e. The Bertz CT molecular complexity index is 539. The topological polar surface area (TPSA) is 152 Å². The predicted molar refractivity (Wildman–Crippen MR) is 56.9 cm³/mol. The lowest BCUT2D eigenvalue weighted by Crippen LogP contribution is -2.02. The fourth-order valence-electron chi connectivity index (χ4n) is 1.03. The van der Waals surface area contributed by atoms with E-state index in [0.717, 1.165) is 0 Å². The van der Waals surface area contributed by atoms with Crippen molar-refractivity contribution >= 4 is 33.2 Å². The molecule has 8 nitrogen and oxygen atoms in total. The fourth-order valence-corrected chi connectivity index (χ4v) is 2.98. The lowest BCUT2D eigenvalue weighted by molar-refractivity contribution is 0.378. The van der Waals surface area contributed by atoms with Crippen molar-refractivity contribution in [3.05, 3.63) is 6.07 Å². The lowest BCUT2D eigenvalue weighted by atomic mass is 10.3. The van der Waals surface area contributed by atoms with Crippen LogP contribution in [0.3, 0.4) is 0 Å². The van der Waals surface area contributed by atoms with Crippen LogP contribution in [-0.2, 0) is 33.2 Å².